The second kappa shape index (κ2) is 7.22. The topological polar surface area (TPSA) is 67.6 Å². The molecule has 3 aliphatic heterocycles. The largest absolute Gasteiger partial charge is 0.492 e. The lowest BCUT2D eigenvalue weighted by molar-refractivity contribution is 0.0462. The number of halogens is 2. The minimum atomic E-state index is -0.0947. The van der Waals surface area contributed by atoms with Crippen LogP contribution in [0.4, 0.5) is 5.69 Å². The Bertz CT molecular complexity index is 669. The maximum atomic E-state index is 12.8. The third-order valence-corrected chi connectivity index (χ3v) is 6.20. The van der Waals surface area contributed by atoms with Gasteiger partial charge in [0.1, 0.15) is 5.75 Å². The predicted octanol–water partition coefficient (Wildman–Crippen LogP) is 3.02. The predicted molar refractivity (Wildman–Crippen MR) is 102 cm³/mol. The Morgan fingerprint density at radius 1 is 1.36 bits per heavy atom. The first-order valence-corrected chi connectivity index (χ1v) is 9.19. The van der Waals surface area contributed by atoms with Gasteiger partial charge in [-0.25, -0.2) is 0 Å². The zero-order chi connectivity index (χ0) is 16.8. The summed E-state index contributed by atoms with van der Waals surface area (Å²) in [6.45, 7) is 0.554. The molecule has 3 N–H and O–H groups in total. The number of rotatable bonds is 2. The van der Waals surface area contributed by atoms with E-state index in [0.29, 0.717) is 47.1 Å². The van der Waals surface area contributed by atoms with Crippen molar-refractivity contribution in [2.45, 2.75) is 56.7 Å². The van der Waals surface area contributed by atoms with E-state index < -0.39 is 0 Å². The Kier molecular flexibility index (Phi) is 5.37. The highest BCUT2D eigenvalue weighted by Gasteiger charge is 2.37. The van der Waals surface area contributed by atoms with Crippen LogP contribution in [0.2, 0.25) is 5.02 Å². The van der Waals surface area contributed by atoms with E-state index in [1.807, 2.05) is 0 Å². The number of fused-ring (bicyclic) bond motifs is 3. The number of nitrogens with zero attached hydrogens (tertiary/aromatic N) is 1. The maximum absolute atomic E-state index is 12.8. The van der Waals surface area contributed by atoms with Crippen LogP contribution in [0.3, 0.4) is 0 Å². The van der Waals surface area contributed by atoms with Crippen LogP contribution in [-0.4, -0.2) is 42.6 Å². The Hall–Kier alpha value is -1.17. The van der Waals surface area contributed by atoms with Gasteiger partial charge in [0.25, 0.3) is 5.91 Å². The number of piperidine rings is 2. The Labute approximate surface area is 159 Å². The van der Waals surface area contributed by atoms with E-state index in [9.17, 15) is 4.79 Å². The Morgan fingerprint density at radius 3 is 2.72 bits per heavy atom. The molecular formula is C18H25Cl2N3O2. The van der Waals surface area contributed by atoms with Crippen LogP contribution in [0.25, 0.3) is 0 Å². The van der Waals surface area contributed by atoms with Crippen molar-refractivity contribution in [1.29, 1.82) is 0 Å². The normalized spacial score (nSPS) is 27.8. The Balaban J connectivity index is 0.00000182. The molecule has 5 nitrogen and oxygen atoms in total. The summed E-state index contributed by atoms with van der Waals surface area (Å²) >= 11 is 6.21. The molecule has 2 atom stereocenters. The minimum absolute atomic E-state index is 0. The molecule has 0 radical (unpaired) electrons. The van der Waals surface area contributed by atoms with Crippen molar-refractivity contribution in [3.8, 4) is 5.75 Å². The standard InChI is InChI=1S/C18H24ClN3O2.ClH/c1-22-11-3-2-4-12(22)8-10(7-11)21-18(23)14-9-15(19)16(20)13-5-6-24-17(13)14;/h9-12H,2-8,20H2,1H3,(H,21,23);1H. The van der Waals surface area contributed by atoms with Gasteiger partial charge in [0.2, 0.25) is 0 Å². The molecule has 2 bridgehead atoms. The van der Waals surface area contributed by atoms with Crippen LogP contribution < -0.4 is 15.8 Å². The molecule has 3 aliphatic rings. The summed E-state index contributed by atoms with van der Waals surface area (Å²) in [5, 5.41) is 3.65. The van der Waals surface area contributed by atoms with Crippen molar-refractivity contribution >= 4 is 35.6 Å². The van der Waals surface area contributed by atoms with Crippen LogP contribution in [-0.2, 0) is 6.42 Å². The zero-order valence-electron chi connectivity index (χ0n) is 14.4. The van der Waals surface area contributed by atoms with E-state index >= 15 is 0 Å². The molecule has 1 aromatic carbocycles. The highest BCUT2D eigenvalue weighted by Crippen LogP contribution is 2.39. The fourth-order valence-corrected chi connectivity index (χ4v) is 4.76. The van der Waals surface area contributed by atoms with Gasteiger partial charge in [-0.15, -0.1) is 12.4 Å². The third kappa shape index (κ3) is 3.29. The van der Waals surface area contributed by atoms with E-state index in [-0.39, 0.29) is 24.4 Å². The maximum Gasteiger partial charge on any atom is 0.255 e. The number of hydrogen-bond acceptors (Lipinski definition) is 4. The first kappa shape index (κ1) is 18.6. The van der Waals surface area contributed by atoms with E-state index in [4.69, 9.17) is 22.1 Å². The van der Waals surface area contributed by atoms with E-state index in [2.05, 4.69) is 17.3 Å². The van der Waals surface area contributed by atoms with Crippen molar-refractivity contribution in [2.75, 3.05) is 19.4 Å². The lowest BCUT2D eigenvalue weighted by atomic mass is 9.82. The molecule has 138 valence electrons. The first-order chi connectivity index (χ1) is 11.5. The van der Waals surface area contributed by atoms with Gasteiger partial charge in [-0.05, 0) is 38.8 Å². The van der Waals surface area contributed by atoms with Crippen molar-refractivity contribution < 1.29 is 9.53 Å². The fraction of sp³-hybridized carbons (Fsp3) is 0.611. The molecule has 4 rings (SSSR count). The molecular weight excluding hydrogens is 361 g/mol. The summed E-state index contributed by atoms with van der Waals surface area (Å²) in [6, 6.07) is 3.03. The number of anilines is 1. The molecule has 0 spiro atoms. The average Bonchev–Trinajstić information content (AvgIpc) is 3.01. The molecule has 0 aromatic heterocycles. The van der Waals surface area contributed by atoms with Gasteiger partial charge in [-0.1, -0.05) is 18.0 Å². The molecule has 7 heteroatoms. The number of carbonyl (C=O) groups is 1. The van der Waals surface area contributed by atoms with E-state index in [0.717, 1.165) is 18.4 Å². The number of hydrogen-bond donors (Lipinski definition) is 2. The van der Waals surface area contributed by atoms with Crippen molar-refractivity contribution in [2.24, 2.45) is 0 Å². The number of nitrogens with two attached hydrogens (primary N) is 1. The van der Waals surface area contributed by atoms with E-state index in [1.165, 1.54) is 19.3 Å². The number of ether oxygens (including phenoxy) is 1. The van der Waals surface area contributed by atoms with Gasteiger partial charge in [0.05, 0.1) is 22.9 Å². The molecule has 2 saturated heterocycles. The quantitative estimate of drug-likeness (QED) is 0.767. The summed E-state index contributed by atoms with van der Waals surface area (Å²) in [5.74, 6) is 0.519. The van der Waals surface area contributed by atoms with Crippen LogP contribution in [0.1, 0.15) is 48.0 Å². The number of nitrogen functional groups attached to an aromatic ring is 1. The number of carbonyl (C=O) groups excluding carboxylic acids is 1. The minimum Gasteiger partial charge on any atom is -0.492 e. The third-order valence-electron chi connectivity index (χ3n) is 5.89. The molecule has 2 fully saturated rings. The number of benzene rings is 1. The molecule has 1 amide bonds. The summed E-state index contributed by atoms with van der Waals surface area (Å²) in [6.07, 6.45) is 6.50. The van der Waals surface area contributed by atoms with E-state index in [1.54, 1.807) is 6.07 Å². The van der Waals surface area contributed by atoms with Gasteiger partial charge in [-0.3, -0.25) is 4.79 Å². The lowest BCUT2D eigenvalue weighted by Gasteiger charge is -2.47. The van der Waals surface area contributed by atoms with Crippen LogP contribution in [0, 0.1) is 0 Å². The fourth-order valence-electron chi connectivity index (χ4n) is 4.53. The summed E-state index contributed by atoms with van der Waals surface area (Å²) < 4.78 is 5.66. The molecule has 1 aromatic rings. The van der Waals surface area contributed by atoms with Crippen LogP contribution in [0.5, 0.6) is 5.75 Å². The SMILES string of the molecule is CN1C2CCCC1CC(NC(=O)c1cc(Cl)c(N)c3c1OCC3)C2.Cl. The van der Waals surface area contributed by atoms with Gasteiger partial charge in [0, 0.05) is 30.1 Å². The van der Waals surface area contributed by atoms with Crippen molar-refractivity contribution in [1.82, 2.24) is 10.2 Å². The molecule has 25 heavy (non-hydrogen) atoms. The lowest BCUT2D eigenvalue weighted by Crippen LogP contribution is -2.55. The second-order valence-corrected chi connectivity index (χ2v) is 7.68. The second-order valence-electron chi connectivity index (χ2n) is 7.27. The molecule has 0 saturated carbocycles. The zero-order valence-corrected chi connectivity index (χ0v) is 16.0. The first-order valence-electron chi connectivity index (χ1n) is 8.81. The Morgan fingerprint density at radius 2 is 2.04 bits per heavy atom. The highest BCUT2D eigenvalue weighted by molar-refractivity contribution is 6.33. The van der Waals surface area contributed by atoms with Gasteiger partial charge in [-0.2, -0.15) is 0 Å². The number of amides is 1. The molecule has 0 aliphatic carbocycles. The van der Waals surface area contributed by atoms with Crippen molar-refractivity contribution in [3.63, 3.8) is 0 Å². The average molecular weight is 386 g/mol. The monoisotopic (exact) mass is 385 g/mol. The van der Waals surface area contributed by atoms with Gasteiger partial charge >= 0.3 is 0 Å². The highest BCUT2D eigenvalue weighted by atomic mass is 35.5. The van der Waals surface area contributed by atoms with Gasteiger partial charge < -0.3 is 20.7 Å². The molecule has 2 unspecified atom stereocenters. The summed E-state index contributed by atoms with van der Waals surface area (Å²) in [7, 11) is 2.22. The van der Waals surface area contributed by atoms with Crippen LogP contribution in [0.15, 0.2) is 6.07 Å². The smallest absolute Gasteiger partial charge is 0.255 e. The summed E-state index contributed by atoms with van der Waals surface area (Å²) in [5.41, 5.74) is 7.94. The van der Waals surface area contributed by atoms with Crippen molar-refractivity contribution in [3.05, 3.63) is 22.2 Å². The number of nitrogens with one attached hydrogen (secondary N) is 1. The molecule has 3 heterocycles. The van der Waals surface area contributed by atoms with Gasteiger partial charge in [0.15, 0.2) is 0 Å². The van der Waals surface area contributed by atoms with Crippen LogP contribution >= 0.6 is 24.0 Å². The summed E-state index contributed by atoms with van der Waals surface area (Å²) in [4.78, 5) is 15.3.